The molecule has 0 aliphatic heterocycles. The van der Waals surface area contributed by atoms with Crippen molar-refractivity contribution >= 4 is 5.97 Å². The molecule has 0 saturated carbocycles. The van der Waals surface area contributed by atoms with E-state index in [1.54, 1.807) is 6.20 Å². The van der Waals surface area contributed by atoms with Crippen LogP contribution in [0.15, 0.2) is 18.5 Å². The summed E-state index contributed by atoms with van der Waals surface area (Å²) in [6.45, 7) is 2.46. The Kier molecular flexibility index (Phi) is 5.47. The van der Waals surface area contributed by atoms with E-state index in [2.05, 4.69) is 15.2 Å². The van der Waals surface area contributed by atoms with Crippen molar-refractivity contribution in [2.45, 2.75) is 19.4 Å². The van der Waals surface area contributed by atoms with Crippen LogP contribution in [-0.2, 0) is 16.1 Å². The van der Waals surface area contributed by atoms with Crippen LogP contribution in [0.2, 0.25) is 0 Å². The zero-order valence-electron chi connectivity index (χ0n) is 8.98. The SMILES string of the molecule is COC(=O)CCNCCCn1cccn1. The van der Waals surface area contributed by atoms with Crippen LogP contribution >= 0.6 is 0 Å². The molecule has 0 radical (unpaired) electrons. The van der Waals surface area contributed by atoms with E-state index in [0.29, 0.717) is 13.0 Å². The lowest BCUT2D eigenvalue weighted by molar-refractivity contribution is -0.140. The van der Waals surface area contributed by atoms with Crippen LogP contribution in [0, 0.1) is 0 Å². The fourth-order valence-corrected chi connectivity index (χ4v) is 1.22. The highest BCUT2D eigenvalue weighted by molar-refractivity contribution is 5.69. The van der Waals surface area contributed by atoms with Crippen molar-refractivity contribution in [1.29, 1.82) is 0 Å². The molecule has 1 heterocycles. The Hall–Kier alpha value is -1.36. The summed E-state index contributed by atoms with van der Waals surface area (Å²) in [7, 11) is 1.40. The molecule has 0 aromatic carbocycles. The molecule has 0 atom stereocenters. The van der Waals surface area contributed by atoms with Gasteiger partial charge in [-0.05, 0) is 19.0 Å². The maximum atomic E-state index is 10.8. The van der Waals surface area contributed by atoms with E-state index in [4.69, 9.17) is 0 Å². The molecule has 1 rings (SSSR count). The average molecular weight is 211 g/mol. The number of hydrogen-bond donors (Lipinski definition) is 1. The largest absolute Gasteiger partial charge is 0.469 e. The van der Waals surface area contributed by atoms with Gasteiger partial charge in [0.05, 0.1) is 13.5 Å². The van der Waals surface area contributed by atoms with Gasteiger partial charge in [0.15, 0.2) is 0 Å². The van der Waals surface area contributed by atoms with Gasteiger partial charge in [0.2, 0.25) is 0 Å². The number of ether oxygens (including phenoxy) is 1. The maximum absolute atomic E-state index is 10.8. The number of methoxy groups -OCH3 is 1. The highest BCUT2D eigenvalue weighted by Crippen LogP contribution is 1.88. The van der Waals surface area contributed by atoms with Gasteiger partial charge in [-0.25, -0.2) is 0 Å². The number of nitrogens with zero attached hydrogens (tertiary/aromatic N) is 2. The quantitative estimate of drug-likeness (QED) is 0.525. The molecule has 0 bridgehead atoms. The molecule has 0 unspecified atom stereocenters. The predicted octanol–water partition coefficient (Wildman–Crippen LogP) is 0.426. The molecule has 1 aromatic heterocycles. The van der Waals surface area contributed by atoms with Crippen molar-refractivity contribution in [3.8, 4) is 0 Å². The summed E-state index contributed by atoms with van der Waals surface area (Å²) in [5.74, 6) is -0.172. The second-order valence-corrected chi connectivity index (χ2v) is 3.20. The van der Waals surface area contributed by atoms with Gasteiger partial charge >= 0.3 is 5.97 Å². The molecule has 0 fully saturated rings. The zero-order chi connectivity index (χ0) is 10.9. The lowest BCUT2D eigenvalue weighted by Crippen LogP contribution is -2.21. The van der Waals surface area contributed by atoms with Crippen molar-refractivity contribution in [3.05, 3.63) is 18.5 Å². The molecule has 0 amide bonds. The van der Waals surface area contributed by atoms with E-state index in [-0.39, 0.29) is 5.97 Å². The summed E-state index contributed by atoms with van der Waals surface area (Å²) in [6, 6.07) is 1.91. The molecule has 0 aliphatic carbocycles. The van der Waals surface area contributed by atoms with Gasteiger partial charge in [0.25, 0.3) is 0 Å². The van der Waals surface area contributed by atoms with Crippen molar-refractivity contribution < 1.29 is 9.53 Å². The number of rotatable bonds is 7. The van der Waals surface area contributed by atoms with Gasteiger partial charge in [0, 0.05) is 25.5 Å². The van der Waals surface area contributed by atoms with Crippen LogP contribution in [0.5, 0.6) is 0 Å². The Bertz CT molecular complexity index is 272. The third-order valence-electron chi connectivity index (χ3n) is 2.03. The first-order valence-electron chi connectivity index (χ1n) is 5.08. The molecule has 5 heteroatoms. The van der Waals surface area contributed by atoms with Crippen LogP contribution in [-0.4, -0.2) is 35.9 Å². The van der Waals surface area contributed by atoms with Crippen molar-refractivity contribution in [2.75, 3.05) is 20.2 Å². The minimum absolute atomic E-state index is 0.172. The number of carbonyl (C=O) groups excluding carboxylic acids is 1. The minimum atomic E-state index is -0.172. The Morgan fingerprint density at radius 2 is 2.40 bits per heavy atom. The van der Waals surface area contributed by atoms with Gasteiger partial charge in [0.1, 0.15) is 0 Å². The molecule has 0 saturated heterocycles. The Balaban J connectivity index is 1.91. The molecule has 0 aliphatic rings. The van der Waals surface area contributed by atoms with Gasteiger partial charge in [-0.3, -0.25) is 9.48 Å². The summed E-state index contributed by atoms with van der Waals surface area (Å²) in [5, 5.41) is 7.26. The molecule has 84 valence electrons. The zero-order valence-corrected chi connectivity index (χ0v) is 8.98. The minimum Gasteiger partial charge on any atom is -0.469 e. The van der Waals surface area contributed by atoms with Gasteiger partial charge in [-0.15, -0.1) is 0 Å². The number of aromatic nitrogens is 2. The Morgan fingerprint density at radius 1 is 1.53 bits per heavy atom. The fourth-order valence-electron chi connectivity index (χ4n) is 1.22. The molecular formula is C10H17N3O2. The summed E-state index contributed by atoms with van der Waals surface area (Å²) in [5.41, 5.74) is 0. The first-order chi connectivity index (χ1) is 7.33. The van der Waals surface area contributed by atoms with E-state index in [1.165, 1.54) is 7.11 Å². The number of hydrogen-bond acceptors (Lipinski definition) is 4. The monoisotopic (exact) mass is 211 g/mol. The highest BCUT2D eigenvalue weighted by atomic mass is 16.5. The maximum Gasteiger partial charge on any atom is 0.306 e. The number of carbonyl (C=O) groups is 1. The second-order valence-electron chi connectivity index (χ2n) is 3.20. The van der Waals surface area contributed by atoms with Crippen molar-refractivity contribution in [1.82, 2.24) is 15.1 Å². The Morgan fingerprint density at radius 3 is 3.07 bits per heavy atom. The van der Waals surface area contributed by atoms with Crippen LogP contribution in [0.3, 0.4) is 0 Å². The first kappa shape index (κ1) is 11.7. The highest BCUT2D eigenvalue weighted by Gasteiger charge is 1.98. The standard InChI is InChI=1S/C10H17N3O2/c1-15-10(14)4-7-11-5-2-8-13-9-3-6-12-13/h3,6,9,11H,2,4-5,7-8H2,1H3. The fraction of sp³-hybridized carbons (Fsp3) is 0.600. The molecular weight excluding hydrogens is 194 g/mol. The van der Waals surface area contributed by atoms with E-state index >= 15 is 0 Å². The molecule has 1 N–H and O–H groups in total. The predicted molar refractivity (Wildman–Crippen MR) is 56.3 cm³/mol. The van der Waals surface area contributed by atoms with Gasteiger partial charge in [-0.2, -0.15) is 5.10 Å². The van der Waals surface area contributed by atoms with Gasteiger partial charge in [-0.1, -0.05) is 0 Å². The van der Waals surface area contributed by atoms with Crippen LogP contribution < -0.4 is 5.32 Å². The van der Waals surface area contributed by atoms with E-state index in [1.807, 2.05) is 16.9 Å². The third-order valence-corrected chi connectivity index (χ3v) is 2.03. The second kappa shape index (κ2) is 7.00. The normalized spacial score (nSPS) is 10.2. The lowest BCUT2D eigenvalue weighted by atomic mass is 10.4. The van der Waals surface area contributed by atoms with Crippen LogP contribution in [0.25, 0.3) is 0 Å². The van der Waals surface area contributed by atoms with Gasteiger partial charge < -0.3 is 10.1 Å². The number of aryl methyl sites for hydroxylation is 1. The van der Waals surface area contributed by atoms with Crippen LogP contribution in [0.1, 0.15) is 12.8 Å². The van der Waals surface area contributed by atoms with E-state index < -0.39 is 0 Å². The summed E-state index contributed by atoms with van der Waals surface area (Å²) >= 11 is 0. The average Bonchev–Trinajstić information content (AvgIpc) is 2.75. The Labute approximate surface area is 89.4 Å². The number of esters is 1. The van der Waals surface area contributed by atoms with Crippen molar-refractivity contribution in [2.24, 2.45) is 0 Å². The summed E-state index contributed by atoms with van der Waals surface area (Å²) in [6.07, 6.45) is 5.14. The summed E-state index contributed by atoms with van der Waals surface area (Å²) in [4.78, 5) is 10.8. The van der Waals surface area contributed by atoms with E-state index in [9.17, 15) is 4.79 Å². The first-order valence-corrected chi connectivity index (χ1v) is 5.08. The van der Waals surface area contributed by atoms with Crippen LogP contribution in [0.4, 0.5) is 0 Å². The summed E-state index contributed by atoms with van der Waals surface area (Å²) < 4.78 is 6.41. The lowest BCUT2D eigenvalue weighted by Gasteiger charge is -2.04. The third kappa shape index (κ3) is 5.17. The topological polar surface area (TPSA) is 56.1 Å². The molecule has 0 spiro atoms. The number of nitrogens with one attached hydrogen (secondary N) is 1. The van der Waals surface area contributed by atoms with Crippen molar-refractivity contribution in [3.63, 3.8) is 0 Å². The molecule has 15 heavy (non-hydrogen) atoms. The molecule has 5 nitrogen and oxygen atoms in total. The smallest absolute Gasteiger partial charge is 0.306 e. The molecule has 1 aromatic rings. The van der Waals surface area contributed by atoms with E-state index in [0.717, 1.165) is 19.5 Å².